The monoisotopic (exact) mass is 230 g/mol. The van der Waals surface area contributed by atoms with E-state index in [4.69, 9.17) is 14.8 Å². The molecular weight excluding hydrogens is 224 g/mol. The van der Waals surface area contributed by atoms with Gasteiger partial charge in [0, 0.05) is 43.8 Å². The van der Waals surface area contributed by atoms with Crippen LogP contribution in [0.5, 0.6) is 11.5 Å². The molecule has 0 bridgehead atoms. The number of benzene rings is 1. The van der Waals surface area contributed by atoms with Gasteiger partial charge in [0.15, 0.2) is 0 Å². The molecule has 1 rings (SSSR count). The quantitative estimate of drug-likeness (QED) is 0.357. The average Bonchev–Trinajstić information content (AvgIpc) is 1.92. The van der Waals surface area contributed by atoms with Gasteiger partial charge < -0.3 is 10.2 Å². The number of rotatable bonds is 1. The molecule has 68 valence electrons. The zero-order chi connectivity index (χ0) is 9.35. The van der Waals surface area contributed by atoms with E-state index in [-0.39, 0.29) is 43.5 Å². The minimum absolute atomic E-state index is 0. The summed E-state index contributed by atoms with van der Waals surface area (Å²) in [6.07, 6.45) is 0. The fourth-order valence-corrected chi connectivity index (χ4v) is 1.31. The first kappa shape index (κ1) is 13.0. The van der Waals surface area contributed by atoms with Crippen molar-refractivity contribution in [2.45, 2.75) is 4.90 Å². The predicted octanol–water partition coefficient (Wildman–Crippen LogP) is -0.0363. The summed E-state index contributed by atoms with van der Waals surface area (Å²) in [5.74, 6) is -0.948. The van der Waals surface area contributed by atoms with E-state index in [0.717, 1.165) is 18.2 Å². The fourth-order valence-electron chi connectivity index (χ4n) is 0.709. The van der Waals surface area contributed by atoms with Gasteiger partial charge in [-0.25, -0.2) is 0 Å². The molecule has 1 aromatic carbocycles. The van der Waals surface area contributed by atoms with Crippen LogP contribution in [0, 0.1) is 0 Å². The summed E-state index contributed by atoms with van der Waals surface area (Å²) in [4.78, 5) is -0.706. The SMILES string of the molecule is O=S(=O)(O)c1cc(O)ccc1O.[Ca]. The van der Waals surface area contributed by atoms with Crippen molar-refractivity contribution >= 4 is 47.9 Å². The van der Waals surface area contributed by atoms with E-state index in [0.29, 0.717) is 0 Å². The van der Waals surface area contributed by atoms with E-state index in [1.165, 1.54) is 0 Å². The van der Waals surface area contributed by atoms with Gasteiger partial charge in [-0.2, -0.15) is 8.42 Å². The smallest absolute Gasteiger partial charge is 0.298 e. The molecule has 0 aliphatic carbocycles. The second kappa shape index (κ2) is 4.47. The zero-order valence-corrected chi connectivity index (χ0v) is 9.53. The van der Waals surface area contributed by atoms with Crippen molar-refractivity contribution in [1.82, 2.24) is 0 Å². The first-order chi connectivity index (χ1) is 5.41. The summed E-state index contributed by atoms with van der Waals surface area (Å²) in [5.41, 5.74) is 0. The summed E-state index contributed by atoms with van der Waals surface area (Å²) in [6, 6.07) is 2.83. The molecule has 1 aromatic rings. The molecule has 7 heteroatoms. The summed E-state index contributed by atoms with van der Waals surface area (Å²) in [6.45, 7) is 0. The van der Waals surface area contributed by atoms with E-state index in [9.17, 15) is 8.42 Å². The normalized spacial score (nSPS) is 10.5. The van der Waals surface area contributed by atoms with Gasteiger partial charge in [0.1, 0.15) is 16.4 Å². The van der Waals surface area contributed by atoms with Crippen molar-refractivity contribution in [3.8, 4) is 11.5 Å². The molecule has 0 aliphatic heterocycles. The van der Waals surface area contributed by atoms with Gasteiger partial charge in [0.2, 0.25) is 0 Å². The molecule has 0 saturated heterocycles. The third-order valence-corrected chi connectivity index (χ3v) is 2.10. The van der Waals surface area contributed by atoms with Gasteiger partial charge in [0.25, 0.3) is 10.1 Å². The molecule has 0 unspecified atom stereocenters. The van der Waals surface area contributed by atoms with Crippen molar-refractivity contribution in [2.75, 3.05) is 0 Å². The van der Waals surface area contributed by atoms with Crippen LogP contribution in [0.1, 0.15) is 0 Å². The number of aromatic hydroxyl groups is 2. The van der Waals surface area contributed by atoms with E-state index >= 15 is 0 Å². The standard InChI is InChI=1S/C6H6O5S.Ca/c7-4-1-2-5(8)6(3-4)12(9,10)11;/h1-3,7-8H,(H,9,10,11);. The fraction of sp³-hybridized carbons (Fsp3) is 0. The molecule has 3 N–H and O–H groups in total. The molecule has 0 amide bonds. The molecular formula is C6H6CaO5S. The van der Waals surface area contributed by atoms with Crippen molar-refractivity contribution in [3.63, 3.8) is 0 Å². The topological polar surface area (TPSA) is 94.8 Å². The Bertz CT molecular complexity index is 399. The maximum atomic E-state index is 10.5. The summed E-state index contributed by atoms with van der Waals surface area (Å²) >= 11 is 0. The number of phenolic OH excluding ortho intramolecular Hbond substituents is 2. The Morgan fingerprint density at radius 3 is 2.08 bits per heavy atom. The zero-order valence-electron chi connectivity index (χ0n) is 6.51. The van der Waals surface area contributed by atoms with Gasteiger partial charge in [-0.15, -0.1) is 0 Å². The Hall–Kier alpha value is -0.0103. The molecule has 2 radical (unpaired) electrons. The second-order valence-electron chi connectivity index (χ2n) is 2.13. The molecule has 0 aliphatic rings. The number of phenols is 2. The average molecular weight is 230 g/mol. The number of hydrogen-bond acceptors (Lipinski definition) is 4. The van der Waals surface area contributed by atoms with Crippen LogP contribution in [0.4, 0.5) is 0 Å². The van der Waals surface area contributed by atoms with Crippen LogP contribution < -0.4 is 0 Å². The van der Waals surface area contributed by atoms with Crippen LogP contribution in [-0.4, -0.2) is 60.9 Å². The minimum atomic E-state index is -4.47. The van der Waals surface area contributed by atoms with Gasteiger partial charge in [-0.1, -0.05) is 0 Å². The molecule has 0 heterocycles. The molecule has 0 aromatic heterocycles. The van der Waals surface area contributed by atoms with Crippen LogP contribution in [0.3, 0.4) is 0 Å². The van der Waals surface area contributed by atoms with E-state index in [1.807, 2.05) is 0 Å². The first-order valence-corrected chi connectivity index (χ1v) is 4.35. The van der Waals surface area contributed by atoms with Gasteiger partial charge >= 0.3 is 0 Å². The predicted molar refractivity (Wildman–Crippen MR) is 45.3 cm³/mol. The Labute approximate surface area is 105 Å². The van der Waals surface area contributed by atoms with Crippen molar-refractivity contribution in [2.24, 2.45) is 0 Å². The molecule has 0 atom stereocenters. The Morgan fingerprint density at radius 1 is 1.15 bits per heavy atom. The van der Waals surface area contributed by atoms with E-state index in [2.05, 4.69) is 0 Å². The van der Waals surface area contributed by atoms with Crippen LogP contribution in [0.25, 0.3) is 0 Å². The van der Waals surface area contributed by atoms with Crippen LogP contribution in [0.2, 0.25) is 0 Å². The first-order valence-electron chi connectivity index (χ1n) is 2.91. The minimum Gasteiger partial charge on any atom is -0.508 e. The third-order valence-electron chi connectivity index (χ3n) is 1.22. The van der Waals surface area contributed by atoms with Crippen molar-refractivity contribution in [3.05, 3.63) is 18.2 Å². The van der Waals surface area contributed by atoms with E-state index < -0.39 is 20.8 Å². The van der Waals surface area contributed by atoms with E-state index in [1.54, 1.807) is 0 Å². The molecule has 13 heavy (non-hydrogen) atoms. The van der Waals surface area contributed by atoms with Crippen molar-refractivity contribution < 1.29 is 23.2 Å². The molecule has 0 spiro atoms. The Kier molecular flexibility index (Phi) is 4.47. The molecule has 5 nitrogen and oxygen atoms in total. The van der Waals surface area contributed by atoms with Gasteiger partial charge in [0.05, 0.1) is 0 Å². The van der Waals surface area contributed by atoms with Gasteiger partial charge in [-0.05, 0) is 12.1 Å². The maximum Gasteiger partial charge on any atom is 0.298 e. The van der Waals surface area contributed by atoms with Crippen molar-refractivity contribution in [1.29, 1.82) is 0 Å². The Balaban J connectivity index is 0.00000144. The molecule has 0 fully saturated rings. The molecule has 0 saturated carbocycles. The maximum absolute atomic E-state index is 10.5. The number of hydrogen-bond donors (Lipinski definition) is 3. The Morgan fingerprint density at radius 2 is 1.69 bits per heavy atom. The summed E-state index contributed by atoms with van der Waals surface area (Å²) in [7, 11) is -4.47. The summed E-state index contributed by atoms with van der Waals surface area (Å²) in [5, 5.41) is 17.7. The second-order valence-corrected chi connectivity index (χ2v) is 3.52. The summed E-state index contributed by atoms with van der Waals surface area (Å²) < 4.78 is 29.5. The van der Waals surface area contributed by atoms with Crippen LogP contribution in [0.15, 0.2) is 23.1 Å². The van der Waals surface area contributed by atoms with Crippen LogP contribution in [-0.2, 0) is 10.1 Å². The van der Waals surface area contributed by atoms with Crippen LogP contribution >= 0.6 is 0 Å². The third kappa shape index (κ3) is 3.32. The van der Waals surface area contributed by atoms with Gasteiger partial charge in [-0.3, -0.25) is 4.55 Å². The largest absolute Gasteiger partial charge is 0.508 e.